The van der Waals surface area contributed by atoms with Gasteiger partial charge in [0.15, 0.2) is 0 Å². The van der Waals surface area contributed by atoms with Crippen molar-refractivity contribution >= 4 is 10.1 Å². The molecule has 0 aromatic rings. The average Bonchev–Trinajstić information content (AvgIpc) is 1.97. The minimum atomic E-state index is -3.46. The summed E-state index contributed by atoms with van der Waals surface area (Å²) < 4.78 is 26.0. The van der Waals surface area contributed by atoms with Gasteiger partial charge in [-0.1, -0.05) is 19.1 Å². The van der Waals surface area contributed by atoms with Crippen LogP contribution in [0.25, 0.3) is 0 Å². The van der Waals surface area contributed by atoms with Gasteiger partial charge >= 0.3 is 0 Å². The molecule has 0 heterocycles. The van der Waals surface area contributed by atoms with Crippen LogP contribution in [0.1, 0.15) is 13.3 Å². The summed E-state index contributed by atoms with van der Waals surface area (Å²) in [6.45, 7) is 5.20. The van der Waals surface area contributed by atoms with Crippen molar-refractivity contribution in [2.75, 3.05) is 6.61 Å². The van der Waals surface area contributed by atoms with E-state index in [1.165, 1.54) is 12.2 Å². The standard InChI is InChI=1S/C7H12O3S/c1-3-5-7-11(8,9)10-6-4-2/h4-5,7H,2-3,6H2,1H3/b7-5+. The van der Waals surface area contributed by atoms with Gasteiger partial charge in [-0.2, -0.15) is 8.42 Å². The van der Waals surface area contributed by atoms with E-state index in [-0.39, 0.29) is 6.61 Å². The van der Waals surface area contributed by atoms with E-state index in [0.717, 1.165) is 5.41 Å². The molecule has 0 unspecified atom stereocenters. The van der Waals surface area contributed by atoms with Crippen molar-refractivity contribution in [1.82, 2.24) is 0 Å². The summed E-state index contributed by atoms with van der Waals surface area (Å²) in [4.78, 5) is 0. The Balaban J connectivity index is 4.01. The van der Waals surface area contributed by atoms with E-state index >= 15 is 0 Å². The number of allylic oxidation sites excluding steroid dienone is 1. The fourth-order valence-corrected chi connectivity index (χ4v) is 1.19. The second-order valence-electron chi connectivity index (χ2n) is 1.85. The van der Waals surface area contributed by atoms with Crippen LogP contribution in [0.5, 0.6) is 0 Å². The highest BCUT2D eigenvalue weighted by Crippen LogP contribution is 1.96. The van der Waals surface area contributed by atoms with Gasteiger partial charge in [0, 0.05) is 0 Å². The molecule has 11 heavy (non-hydrogen) atoms. The zero-order valence-electron chi connectivity index (χ0n) is 6.49. The third-order valence-electron chi connectivity index (χ3n) is 0.849. The first-order chi connectivity index (χ1) is 5.12. The molecule has 0 amide bonds. The van der Waals surface area contributed by atoms with Gasteiger partial charge in [-0.05, 0) is 6.42 Å². The van der Waals surface area contributed by atoms with Gasteiger partial charge in [0.1, 0.15) is 0 Å². The highest BCUT2D eigenvalue weighted by atomic mass is 32.2. The Morgan fingerprint density at radius 1 is 1.55 bits per heavy atom. The molecular formula is C7H12O3S. The van der Waals surface area contributed by atoms with Crippen LogP contribution < -0.4 is 0 Å². The molecule has 0 saturated carbocycles. The van der Waals surface area contributed by atoms with Crippen LogP contribution in [0.4, 0.5) is 0 Å². The summed E-state index contributed by atoms with van der Waals surface area (Å²) in [5, 5.41) is 1.05. The van der Waals surface area contributed by atoms with Crippen LogP contribution in [0.3, 0.4) is 0 Å². The monoisotopic (exact) mass is 176 g/mol. The lowest BCUT2D eigenvalue weighted by Crippen LogP contribution is -2.00. The Morgan fingerprint density at radius 2 is 2.18 bits per heavy atom. The van der Waals surface area contributed by atoms with Crippen molar-refractivity contribution in [3.63, 3.8) is 0 Å². The van der Waals surface area contributed by atoms with E-state index < -0.39 is 10.1 Å². The summed E-state index contributed by atoms with van der Waals surface area (Å²) in [5.41, 5.74) is 0. The van der Waals surface area contributed by atoms with Crippen LogP contribution in [-0.4, -0.2) is 15.0 Å². The molecule has 0 aliphatic rings. The van der Waals surface area contributed by atoms with Crippen molar-refractivity contribution in [1.29, 1.82) is 0 Å². The second-order valence-corrected chi connectivity index (χ2v) is 3.34. The van der Waals surface area contributed by atoms with E-state index in [1.807, 2.05) is 6.92 Å². The first-order valence-electron chi connectivity index (χ1n) is 3.29. The summed E-state index contributed by atoms with van der Waals surface area (Å²) in [7, 11) is -3.46. The fourth-order valence-electron chi connectivity index (χ4n) is 0.396. The van der Waals surface area contributed by atoms with Gasteiger partial charge in [-0.15, -0.1) is 6.58 Å². The normalized spacial score (nSPS) is 12.1. The van der Waals surface area contributed by atoms with E-state index in [4.69, 9.17) is 0 Å². The van der Waals surface area contributed by atoms with Crippen LogP contribution >= 0.6 is 0 Å². The summed E-state index contributed by atoms with van der Waals surface area (Å²) in [6.07, 6.45) is 3.59. The van der Waals surface area contributed by atoms with E-state index in [1.54, 1.807) is 0 Å². The molecule has 0 radical (unpaired) electrons. The summed E-state index contributed by atoms with van der Waals surface area (Å²) in [6, 6.07) is 0. The Morgan fingerprint density at radius 3 is 2.64 bits per heavy atom. The van der Waals surface area contributed by atoms with E-state index in [2.05, 4.69) is 10.8 Å². The minimum absolute atomic E-state index is 0.0242. The molecule has 0 aromatic heterocycles. The quantitative estimate of drug-likeness (QED) is 0.470. The highest BCUT2D eigenvalue weighted by molar-refractivity contribution is 7.89. The van der Waals surface area contributed by atoms with Crippen LogP contribution in [0, 0.1) is 0 Å². The Bertz CT molecular complexity index is 226. The first kappa shape index (κ1) is 10.4. The van der Waals surface area contributed by atoms with Gasteiger partial charge in [-0.25, -0.2) is 0 Å². The average molecular weight is 176 g/mol. The lowest BCUT2D eigenvalue weighted by Gasteiger charge is -1.95. The van der Waals surface area contributed by atoms with Gasteiger partial charge in [0.2, 0.25) is 0 Å². The largest absolute Gasteiger partial charge is 0.290 e. The molecule has 0 bridgehead atoms. The molecule has 64 valence electrons. The predicted molar refractivity (Wildman–Crippen MR) is 44.5 cm³/mol. The third kappa shape index (κ3) is 5.82. The highest BCUT2D eigenvalue weighted by Gasteiger charge is 2.01. The molecule has 0 aliphatic carbocycles. The summed E-state index contributed by atoms with van der Waals surface area (Å²) >= 11 is 0. The third-order valence-corrected chi connectivity index (χ3v) is 1.84. The molecule has 0 N–H and O–H groups in total. The number of rotatable bonds is 5. The Kier molecular flexibility index (Phi) is 4.81. The smallest absolute Gasteiger partial charge is 0.263 e. The zero-order valence-corrected chi connectivity index (χ0v) is 7.30. The molecule has 0 fully saturated rings. The Hall–Kier alpha value is -0.610. The molecule has 0 aliphatic heterocycles. The van der Waals surface area contributed by atoms with E-state index in [9.17, 15) is 8.42 Å². The van der Waals surface area contributed by atoms with Crippen molar-refractivity contribution in [3.05, 3.63) is 24.1 Å². The van der Waals surface area contributed by atoms with Crippen molar-refractivity contribution in [2.24, 2.45) is 0 Å². The molecule has 0 spiro atoms. The van der Waals surface area contributed by atoms with Crippen LogP contribution in [0.2, 0.25) is 0 Å². The molecule has 3 nitrogen and oxygen atoms in total. The molecule has 0 rings (SSSR count). The lowest BCUT2D eigenvalue weighted by atomic mass is 10.5. The maximum absolute atomic E-state index is 10.8. The minimum Gasteiger partial charge on any atom is -0.263 e. The number of hydrogen-bond acceptors (Lipinski definition) is 3. The lowest BCUT2D eigenvalue weighted by molar-refractivity contribution is 0.364. The zero-order chi connectivity index (χ0) is 8.74. The topological polar surface area (TPSA) is 43.4 Å². The summed E-state index contributed by atoms with van der Waals surface area (Å²) in [5.74, 6) is 0. The van der Waals surface area contributed by atoms with Crippen LogP contribution in [0.15, 0.2) is 24.1 Å². The van der Waals surface area contributed by atoms with Crippen LogP contribution in [-0.2, 0) is 14.3 Å². The van der Waals surface area contributed by atoms with Gasteiger partial charge < -0.3 is 0 Å². The van der Waals surface area contributed by atoms with Gasteiger partial charge in [-0.3, -0.25) is 4.18 Å². The molecule has 4 heteroatoms. The SMILES string of the molecule is C=CCOS(=O)(=O)/C=C/CC. The van der Waals surface area contributed by atoms with Crippen molar-refractivity contribution in [2.45, 2.75) is 13.3 Å². The molecular weight excluding hydrogens is 164 g/mol. The fraction of sp³-hybridized carbons (Fsp3) is 0.429. The van der Waals surface area contributed by atoms with Crippen molar-refractivity contribution in [3.8, 4) is 0 Å². The maximum atomic E-state index is 10.8. The van der Waals surface area contributed by atoms with Crippen molar-refractivity contribution < 1.29 is 12.6 Å². The van der Waals surface area contributed by atoms with Gasteiger partial charge in [0.25, 0.3) is 10.1 Å². The number of hydrogen-bond donors (Lipinski definition) is 0. The molecule has 0 atom stereocenters. The second kappa shape index (κ2) is 5.09. The van der Waals surface area contributed by atoms with Gasteiger partial charge in [0.05, 0.1) is 12.0 Å². The first-order valence-corrected chi connectivity index (χ1v) is 4.76. The maximum Gasteiger partial charge on any atom is 0.290 e. The predicted octanol–water partition coefficient (Wildman–Crippen LogP) is 1.44. The molecule has 0 aromatic carbocycles. The molecule has 0 saturated heterocycles. The van der Waals surface area contributed by atoms with E-state index in [0.29, 0.717) is 6.42 Å². The Labute approximate surface area is 67.5 Å².